The van der Waals surface area contributed by atoms with Crippen LogP contribution in [0.15, 0.2) is 65.6 Å². The Morgan fingerprint density at radius 3 is 2.17 bits per heavy atom. The van der Waals surface area contributed by atoms with E-state index >= 15 is 0 Å². The van der Waals surface area contributed by atoms with Crippen molar-refractivity contribution in [2.24, 2.45) is 0 Å². The minimum absolute atomic E-state index is 0.00494. The minimum Gasteiger partial charge on any atom is -0.494 e. The summed E-state index contributed by atoms with van der Waals surface area (Å²) in [5, 5.41) is 3.71. The predicted octanol–water partition coefficient (Wildman–Crippen LogP) is 6.47. The van der Waals surface area contributed by atoms with Crippen molar-refractivity contribution in [1.82, 2.24) is 10.2 Å². The van der Waals surface area contributed by atoms with Gasteiger partial charge in [-0.1, -0.05) is 48.5 Å². The van der Waals surface area contributed by atoms with Crippen LogP contribution in [0.3, 0.4) is 0 Å². The SMILES string of the molecule is CCOc1ccc(N(CC(=O)N(Cc2c(Cl)cccc2Cl)[C@H](C)C(=O)NC2CCCCC2)S(=O)(=O)c2ccc(OC)c(OC)c2)cc1. The Bertz CT molecular complexity index is 1630. The molecule has 3 aromatic carbocycles. The van der Waals surface area contributed by atoms with Crippen molar-refractivity contribution in [3.05, 3.63) is 76.3 Å². The number of carbonyl (C=O) groups excluding carboxylic acids is 2. The van der Waals surface area contributed by atoms with E-state index in [1.807, 2.05) is 6.92 Å². The van der Waals surface area contributed by atoms with E-state index in [0.29, 0.717) is 33.7 Å². The molecule has 0 unspecified atom stereocenters. The molecule has 0 aromatic heterocycles. The van der Waals surface area contributed by atoms with Crippen LogP contribution in [0.2, 0.25) is 10.0 Å². The molecule has 3 aromatic rings. The molecule has 47 heavy (non-hydrogen) atoms. The van der Waals surface area contributed by atoms with Crippen LogP contribution in [0.5, 0.6) is 17.2 Å². The normalized spacial score (nSPS) is 14.2. The van der Waals surface area contributed by atoms with Crippen LogP contribution in [-0.4, -0.2) is 64.6 Å². The second-order valence-corrected chi connectivity index (χ2v) is 13.9. The average Bonchev–Trinajstić information content (AvgIpc) is 3.07. The summed E-state index contributed by atoms with van der Waals surface area (Å²) in [6, 6.07) is 14.6. The molecule has 2 amide bonds. The lowest BCUT2D eigenvalue weighted by atomic mass is 9.95. The molecule has 10 nitrogen and oxygen atoms in total. The van der Waals surface area contributed by atoms with E-state index in [2.05, 4.69) is 5.32 Å². The minimum atomic E-state index is -4.37. The summed E-state index contributed by atoms with van der Waals surface area (Å²) < 4.78 is 45.8. The lowest BCUT2D eigenvalue weighted by Gasteiger charge is -2.33. The molecular weight excluding hydrogens is 665 g/mol. The van der Waals surface area contributed by atoms with Crippen LogP contribution in [0.25, 0.3) is 0 Å². The first-order chi connectivity index (χ1) is 22.5. The van der Waals surface area contributed by atoms with Crippen molar-refractivity contribution in [2.75, 3.05) is 31.7 Å². The van der Waals surface area contributed by atoms with Gasteiger partial charge in [0.1, 0.15) is 18.3 Å². The number of hydrogen-bond acceptors (Lipinski definition) is 7. The van der Waals surface area contributed by atoms with Crippen molar-refractivity contribution >= 4 is 50.7 Å². The lowest BCUT2D eigenvalue weighted by Crippen LogP contribution is -2.53. The number of nitrogens with one attached hydrogen (secondary N) is 1. The number of halogens is 2. The molecule has 4 rings (SSSR count). The van der Waals surface area contributed by atoms with Crippen molar-refractivity contribution in [3.63, 3.8) is 0 Å². The summed E-state index contributed by atoms with van der Waals surface area (Å²) >= 11 is 13.0. The fourth-order valence-corrected chi connectivity index (χ4v) is 7.46. The number of nitrogens with zero attached hydrogens (tertiary/aromatic N) is 2. The summed E-state index contributed by atoms with van der Waals surface area (Å²) in [4.78, 5) is 29.1. The zero-order valence-corrected chi connectivity index (χ0v) is 29.3. The van der Waals surface area contributed by atoms with Gasteiger partial charge in [0.25, 0.3) is 10.0 Å². The average molecular weight is 707 g/mol. The van der Waals surface area contributed by atoms with Gasteiger partial charge in [-0.25, -0.2) is 8.42 Å². The van der Waals surface area contributed by atoms with Gasteiger partial charge < -0.3 is 24.4 Å². The predicted molar refractivity (Wildman–Crippen MR) is 183 cm³/mol. The van der Waals surface area contributed by atoms with Crippen LogP contribution in [-0.2, 0) is 26.2 Å². The maximum absolute atomic E-state index is 14.3. The molecule has 0 saturated heterocycles. The molecule has 1 N–H and O–H groups in total. The third kappa shape index (κ3) is 8.82. The monoisotopic (exact) mass is 705 g/mol. The molecule has 1 fully saturated rings. The number of amides is 2. The molecule has 0 radical (unpaired) electrons. The topological polar surface area (TPSA) is 114 Å². The third-order valence-electron chi connectivity index (χ3n) is 8.17. The number of sulfonamides is 1. The molecule has 1 aliphatic rings. The van der Waals surface area contributed by atoms with Crippen molar-refractivity contribution in [3.8, 4) is 17.2 Å². The van der Waals surface area contributed by atoms with Crippen LogP contribution < -0.4 is 23.8 Å². The smallest absolute Gasteiger partial charge is 0.264 e. The Morgan fingerprint density at radius 2 is 1.57 bits per heavy atom. The quantitative estimate of drug-likeness (QED) is 0.204. The molecule has 13 heteroatoms. The Morgan fingerprint density at radius 1 is 0.936 bits per heavy atom. The zero-order valence-electron chi connectivity index (χ0n) is 27.0. The van der Waals surface area contributed by atoms with Crippen molar-refractivity contribution < 1.29 is 32.2 Å². The molecule has 0 bridgehead atoms. The number of rotatable bonds is 14. The molecule has 0 heterocycles. The van der Waals surface area contributed by atoms with E-state index in [-0.39, 0.29) is 34.8 Å². The highest BCUT2D eigenvalue weighted by atomic mass is 35.5. The van der Waals surface area contributed by atoms with Crippen LogP contribution in [0, 0.1) is 0 Å². The number of ether oxygens (including phenoxy) is 3. The highest BCUT2D eigenvalue weighted by Gasteiger charge is 2.34. The first kappa shape index (κ1) is 36.2. The number of carbonyl (C=O) groups is 2. The van der Waals surface area contributed by atoms with Gasteiger partial charge in [0.15, 0.2) is 11.5 Å². The summed E-state index contributed by atoms with van der Waals surface area (Å²) in [5.74, 6) is 0.105. The molecule has 254 valence electrons. The van der Waals surface area contributed by atoms with Gasteiger partial charge in [0.05, 0.1) is 31.4 Å². The van der Waals surface area contributed by atoms with Crippen LogP contribution in [0.1, 0.15) is 51.5 Å². The van der Waals surface area contributed by atoms with Gasteiger partial charge in [-0.15, -0.1) is 0 Å². The van der Waals surface area contributed by atoms with Gasteiger partial charge in [0, 0.05) is 34.3 Å². The second kappa shape index (κ2) is 16.4. The summed E-state index contributed by atoms with van der Waals surface area (Å²) in [7, 11) is -1.52. The first-order valence-corrected chi connectivity index (χ1v) is 17.7. The summed E-state index contributed by atoms with van der Waals surface area (Å²) in [5.41, 5.74) is 0.656. The standard InChI is InChI=1S/C34H41Cl2N3O7S/c1-5-46-26-16-14-25(15-17-26)39(47(42,43)27-18-19-31(44-3)32(20-27)45-4)22-33(40)38(21-28-29(35)12-9-13-30(28)36)23(2)34(41)37-24-10-7-6-8-11-24/h9,12-20,23-24H,5-8,10-11,21-22H2,1-4H3,(H,37,41)/t23-/m1/s1. The number of benzene rings is 3. The summed E-state index contributed by atoms with van der Waals surface area (Å²) in [6.07, 6.45) is 4.87. The Labute approximate surface area is 286 Å². The number of methoxy groups -OCH3 is 2. The fourth-order valence-electron chi connectivity index (χ4n) is 5.51. The lowest BCUT2D eigenvalue weighted by molar-refractivity contribution is -0.139. The first-order valence-electron chi connectivity index (χ1n) is 15.5. The highest BCUT2D eigenvalue weighted by molar-refractivity contribution is 7.92. The van der Waals surface area contributed by atoms with E-state index < -0.39 is 28.5 Å². The Kier molecular flexibility index (Phi) is 12.6. The molecule has 1 aliphatic carbocycles. The zero-order chi connectivity index (χ0) is 34.1. The second-order valence-electron chi connectivity index (χ2n) is 11.2. The van der Waals surface area contributed by atoms with E-state index in [9.17, 15) is 18.0 Å². The van der Waals surface area contributed by atoms with E-state index in [1.54, 1.807) is 49.4 Å². The molecule has 1 atom stereocenters. The van der Waals surface area contributed by atoms with E-state index in [1.165, 1.54) is 37.3 Å². The van der Waals surface area contributed by atoms with Crippen LogP contribution >= 0.6 is 23.2 Å². The van der Waals surface area contributed by atoms with Gasteiger partial charge in [-0.2, -0.15) is 0 Å². The van der Waals surface area contributed by atoms with Gasteiger partial charge in [-0.05, 0) is 75.2 Å². The third-order valence-corrected chi connectivity index (χ3v) is 10.6. The fraction of sp³-hybridized carbons (Fsp3) is 0.412. The molecular formula is C34H41Cl2N3O7S. The Hall–Kier alpha value is -3.67. The van der Waals surface area contributed by atoms with Crippen molar-refractivity contribution in [1.29, 1.82) is 0 Å². The molecule has 1 saturated carbocycles. The maximum atomic E-state index is 14.3. The molecule has 0 aliphatic heterocycles. The van der Waals surface area contributed by atoms with Gasteiger partial charge >= 0.3 is 0 Å². The maximum Gasteiger partial charge on any atom is 0.264 e. The van der Waals surface area contributed by atoms with Crippen molar-refractivity contribution in [2.45, 2.75) is 69.5 Å². The number of anilines is 1. The van der Waals surface area contributed by atoms with E-state index in [4.69, 9.17) is 37.4 Å². The molecule has 0 spiro atoms. The van der Waals surface area contributed by atoms with Gasteiger partial charge in [-0.3, -0.25) is 13.9 Å². The van der Waals surface area contributed by atoms with Gasteiger partial charge in [0.2, 0.25) is 11.8 Å². The van der Waals surface area contributed by atoms with E-state index in [0.717, 1.165) is 36.4 Å². The summed E-state index contributed by atoms with van der Waals surface area (Å²) in [6.45, 7) is 3.13. The number of hydrogen-bond donors (Lipinski definition) is 1. The largest absolute Gasteiger partial charge is 0.494 e. The Balaban J connectivity index is 1.75. The highest BCUT2D eigenvalue weighted by Crippen LogP contribution is 2.33. The van der Waals surface area contributed by atoms with Crippen LogP contribution in [0.4, 0.5) is 5.69 Å².